The maximum absolute atomic E-state index is 11.9. The molecule has 0 aliphatic carbocycles. The lowest BCUT2D eigenvalue weighted by molar-refractivity contribution is -0.138. The Balaban J connectivity index is 1.50. The van der Waals surface area contributed by atoms with Crippen LogP contribution in [0, 0.1) is 0 Å². The predicted octanol–water partition coefficient (Wildman–Crippen LogP) is 4.41. The van der Waals surface area contributed by atoms with E-state index in [4.69, 9.17) is 4.74 Å². The van der Waals surface area contributed by atoms with E-state index in [9.17, 15) is 4.79 Å². The lowest BCUT2D eigenvalue weighted by Gasteiger charge is -2.03. The highest BCUT2D eigenvalue weighted by Gasteiger charge is 2.01. The van der Waals surface area contributed by atoms with Gasteiger partial charge in [0.05, 0.1) is 12.7 Å². The maximum atomic E-state index is 11.9. The minimum atomic E-state index is -0.366. The number of esters is 1. The first-order chi connectivity index (χ1) is 12.7. The van der Waals surface area contributed by atoms with E-state index >= 15 is 0 Å². The number of hydrogen-bond donors (Lipinski definition) is 0. The second kappa shape index (κ2) is 9.06. The molecule has 0 radical (unpaired) electrons. The number of hydrogen-bond acceptors (Lipinski definition) is 4. The van der Waals surface area contributed by atoms with Crippen molar-refractivity contribution in [2.75, 3.05) is 6.26 Å². The molecule has 0 aliphatic heterocycles. The van der Waals surface area contributed by atoms with Crippen molar-refractivity contribution >= 4 is 23.8 Å². The molecule has 0 bridgehead atoms. The third-order valence-corrected chi connectivity index (χ3v) is 4.54. The van der Waals surface area contributed by atoms with Gasteiger partial charge in [0.1, 0.15) is 6.61 Å². The van der Waals surface area contributed by atoms with Crippen LogP contribution in [0.25, 0.3) is 6.08 Å². The quantitative estimate of drug-likeness (QED) is 0.354. The van der Waals surface area contributed by atoms with Gasteiger partial charge in [-0.3, -0.25) is 4.68 Å². The zero-order valence-electron chi connectivity index (χ0n) is 14.5. The third-order valence-electron chi connectivity index (χ3n) is 3.79. The van der Waals surface area contributed by atoms with Crippen molar-refractivity contribution < 1.29 is 9.53 Å². The lowest BCUT2D eigenvalue weighted by atomic mass is 10.2. The van der Waals surface area contributed by atoms with Gasteiger partial charge in [-0.05, 0) is 35.6 Å². The van der Waals surface area contributed by atoms with Gasteiger partial charge in [0.15, 0.2) is 0 Å². The molecule has 132 valence electrons. The van der Waals surface area contributed by atoms with Gasteiger partial charge in [-0.15, -0.1) is 11.8 Å². The largest absolute Gasteiger partial charge is 0.458 e. The van der Waals surface area contributed by atoms with Crippen LogP contribution in [0.5, 0.6) is 0 Å². The molecular weight excluding hydrogens is 344 g/mol. The molecule has 1 aromatic heterocycles. The minimum Gasteiger partial charge on any atom is -0.458 e. The molecule has 2 aromatic carbocycles. The highest BCUT2D eigenvalue weighted by molar-refractivity contribution is 7.98. The van der Waals surface area contributed by atoms with Gasteiger partial charge in [0.25, 0.3) is 0 Å². The van der Waals surface area contributed by atoms with Gasteiger partial charge in [0.2, 0.25) is 0 Å². The molecule has 26 heavy (non-hydrogen) atoms. The average molecular weight is 364 g/mol. The van der Waals surface area contributed by atoms with Gasteiger partial charge >= 0.3 is 5.97 Å². The fourth-order valence-corrected chi connectivity index (χ4v) is 2.82. The van der Waals surface area contributed by atoms with E-state index in [-0.39, 0.29) is 12.6 Å². The monoisotopic (exact) mass is 364 g/mol. The molecule has 0 spiro atoms. The van der Waals surface area contributed by atoms with Crippen molar-refractivity contribution in [3.63, 3.8) is 0 Å². The summed E-state index contributed by atoms with van der Waals surface area (Å²) < 4.78 is 7.11. The number of thioether (sulfide) groups is 1. The molecule has 0 atom stereocenters. The van der Waals surface area contributed by atoms with E-state index in [1.54, 1.807) is 24.0 Å². The van der Waals surface area contributed by atoms with E-state index in [2.05, 4.69) is 17.2 Å². The number of nitrogens with zero attached hydrogens (tertiary/aromatic N) is 2. The Labute approximate surface area is 157 Å². The van der Waals surface area contributed by atoms with E-state index in [1.165, 1.54) is 16.5 Å². The molecule has 0 fully saturated rings. The molecule has 0 saturated heterocycles. The van der Waals surface area contributed by atoms with Gasteiger partial charge < -0.3 is 4.74 Å². The molecule has 4 nitrogen and oxygen atoms in total. The molecule has 3 aromatic rings. The van der Waals surface area contributed by atoms with Crippen LogP contribution in [0.1, 0.15) is 16.7 Å². The maximum Gasteiger partial charge on any atom is 0.331 e. The van der Waals surface area contributed by atoms with E-state index in [0.29, 0.717) is 6.54 Å². The predicted molar refractivity (Wildman–Crippen MR) is 105 cm³/mol. The summed E-state index contributed by atoms with van der Waals surface area (Å²) in [6, 6.07) is 18.1. The summed E-state index contributed by atoms with van der Waals surface area (Å²) in [5.41, 5.74) is 3.01. The van der Waals surface area contributed by atoms with Crippen LogP contribution >= 0.6 is 11.8 Å². The standard InChI is InChI=1S/C21H20N2O2S/c1-26-20-10-7-18(8-11-20)16-25-21(24)12-9-19-13-22-23(15-19)14-17-5-3-2-4-6-17/h2-13,15H,14,16H2,1H3/b12-9+. The van der Waals surface area contributed by atoms with Crippen molar-refractivity contribution in [1.82, 2.24) is 9.78 Å². The Morgan fingerprint density at radius 3 is 2.62 bits per heavy atom. The van der Waals surface area contributed by atoms with Gasteiger partial charge in [0, 0.05) is 22.7 Å². The van der Waals surface area contributed by atoms with Crippen LogP contribution in [-0.2, 0) is 22.7 Å². The first kappa shape index (κ1) is 18.0. The summed E-state index contributed by atoms with van der Waals surface area (Å²) in [6.45, 7) is 0.969. The molecular formula is C21H20N2O2S. The molecule has 0 unspecified atom stereocenters. The second-order valence-electron chi connectivity index (χ2n) is 5.75. The first-order valence-corrected chi connectivity index (χ1v) is 9.49. The summed E-state index contributed by atoms with van der Waals surface area (Å²) in [4.78, 5) is 13.1. The zero-order chi connectivity index (χ0) is 18.2. The molecule has 5 heteroatoms. The SMILES string of the molecule is CSc1ccc(COC(=O)/C=C/c2cnn(Cc3ccccc3)c2)cc1. The van der Waals surface area contributed by atoms with E-state index in [0.717, 1.165) is 11.1 Å². The summed E-state index contributed by atoms with van der Waals surface area (Å²) >= 11 is 1.68. The summed E-state index contributed by atoms with van der Waals surface area (Å²) in [5, 5.41) is 4.31. The normalized spacial score (nSPS) is 11.0. The van der Waals surface area contributed by atoms with Crippen molar-refractivity contribution in [2.24, 2.45) is 0 Å². The minimum absolute atomic E-state index is 0.269. The van der Waals surface area contributed by atoms with Gasteiger partial charge in [-0.1, -0.05) is 42.5 Å². The van der Waals surface area contributed by atoms with Crippen LogP contribution < -0.4 is 0 Å². The van der Waals surface area contributed by atoms with Crippen LogP contribution in [-0.4, -0.2) is 22.0 Å². The summed E-state index contributed by atoms with van der Waals surface area (Å²) in [6.07, 6.45) is 8.81. The Morgan fingerprint density at radius 2 is 1.88 bits per heavy atom. The molecule has 0 N–H and O–H groups in total. The number of carbonyl (C=O) groups is 1. The highest BCUT2D eigenvalue weighted by Crippen LogP contribution is 2.15. The van der Waals surface area contributed by atoms with Crippen molar-refractivity contribution in [3.8, 4) is 0 Å². The van der Waals surface area contributed by atoms with Crippen LogP contribution in [0.15, 0.2) is 78.0 Å². The Morgan fingerprint density at radius 1 is 1.12 bits per heavy atom. The number of ether oxygens (including phenoxy) is 1. The number of benzene rings is 2. The van der Waals surface area contributed by atoms with Gasteiger partial charge in [-0.25, -0.2) is 4.79 Å². The topological polar surface area (TPSA) is 44.1 Å². The molecule has 0 aliphatic rings. The average Bonchev–Trinajstić information content (AvgIpc) is 3.13. The van der Waals surface area contributed by atoms with Gasteiger partial charge in [-0.2, -0.15) is 5.10 Å². The number of carbonyl (C=O) groups excluding carboxylic acids is 1. The Bertz CT molecular complexity index is 871. The second-order valence-corrected chi connectivity index (χ2v) is 6.63. The Hall–Kier alpha value is -2.79. The van der Waals surface area contributed by atoms with Crippen LogP contribution in [0.3, 0.4) is 0 Å². The fraction of sp³-hybridized carbons (Fsp3) is 0.143. The van der Waals surface area contributed by atoms with Crippen molar-refractivity contribution in [2.45, 2.75) is 18.0 Å². The summed E-state index contributed by atoms with van der Waals surface area (Å²) in [7, 11) is 0. The van der Waals surface area contributed by atoms with E-state index < -0.39 is 0 Å². The molecule has 0 saturated carbocycles. The van der Waals surface area contributed by atoms with E-state index in [1.807, 2.05) is 59.6 Å². The zero-order valence-corrected chi connectivity index (χ0v) is 15.4. The molecule has 0 amide bonds. The smallest absolute Gasteiger partial charge is 0.331 e. The number of rotatable bonds is 7. The number of aromatic nitrogens is 2. The van der Waals surface area contributed by atoms with Crippen LogP contribution in [0.4, 0.5) is 0 Å². The lowest BCUT2D eigenvalue weighted by Crippen LogP contribution is -2.00. The summed E-state index contributed by atoms with van der Waals surface area (Å²) in [5.74, 6) is -0.366. The third kappa shape index (κ3) is 5.36. The Kier molecular flexibility index (Phi) is 6.28. The van der Waals surface area contributed by atoms with Crippen molar-refractivity contribution in [3.05, 3.63) is 89.8 Å². The highest BCUT2D eigenvalue weighted by atomic mass is 32.2. The van der Waals surface area contributed by atoms with Crippen LogP contribution in [0.2, 0.25) is 0 Å². The fourth-order valence-electron chi connectivity index (χ4n) is 2.41. The molecule has 3 rings (SSSR count). The van der Waals surface area contributed by atoms with Crippen molar-refractivity contribution in [1.29, 1.82) is 0 Å². The molecule has 1 heterocycles. The first-order valence-electron chi connectivity index (χ1n) is 8.27.